The predicted octanol–water partition coefficient (Wildman–Crippen LogP) is 4.47. The van der Waals surface area contributed by atoms with Gasteiger partial charge >= 0.3 is 6.18 Å². The number of hydrogen-bond acceptors (Lipinski definition) is 5. The molecule has 1 atom stereocenters. The van der Waals surface area contributed by atoms with E-state index in [0.717, 1.165) is 18.4 Å². The van der Waals surface area contributed by atoms with Crippen molar-refractivity contribution in [2.75, 3.05) is 24.2 Å². The number of nitrogens with one attached hydrogen (secondary N) is 1. The fourth-order valence-electron chi connectivity index (χ4n) is 3.77. The molecule has 2 amide bonds. The van der Waals surface area contributed by atoms with Crippen molar-refractivity contribution in [3.05, 3.63) is 58.6 Å². The van der Waals surface area contributed by atoms with Crippen LogP contribution in [0.4, 0.5) is 18.9 Å². The lowest BCUT2D eigenvalue weighted by molar-refractivity contribution is -0.140. The van der Waals surface area contributed by atoms with E-state index in [1.54, 1.807) is 45.0 Å². The second-order valence-corrected chi connectivity index (χ2v) is 11.2. The summed E-state index contributed by atoms with van der Waals surface area (Å²) >= 11 is 5.69. The van der Waals surface area contributed by atoms with Crippen molar-refractivity contribution in [1.29, 1.82) is 0 Å². The number of nitrogens with zero attached hydrogens (tertiary/aromatic N) is 2. The summed E-state index contributed by atoms with van der Waals surface area (Å²) in [5.41, 5.74) is -1.03. The van der Waals surface area contributed by atoms with Crippen molar-refractivity contribution in [2.24, 2.45) is 0 Å². The molecule has 38 heavy (non-hydrogen) atoms. The fraction of sp³-hybridized carbons (Fsp3) is 0.440. The third-order valence-corrected chi connectivity index (χ3v) is 7.00. The second kappa shape index (κ2) is 12.7. The number of carbonyl (C=O) groups excluding carboxylic acids is 2. The summed E-state index contributed by atoms with van der Waals surface area (Å²) in [5, 5.41) is 2.14. The molecule has 2 rings (SSSR count). The normalized spacial score (nSPS) is 12.7. The summed E-state index contributed by atoms with van der Waals surface area (Å²) < 4.78 is 71.4. The number of hydrogen-bond donors (Lipinski definition) is 1. The van der Waals surface area contributed by atoms with Crippen LogP contribution in [-0.4, -0.2) is 57.1 Å². The van der Waals surface area contributed by atoms with Crippen LogP contribution < -0.4 is 14.4 Å². The number of halogens is 4. The Morgan fingerprint density at radius 2 is 1.79 bits per heavy atom. The third-order valence-electron chi connectivity index (χ3n) is 5.53. The zero-order valence-electron chi connectivity index (χ0n) is 21.7. The monoisotopic (exact) mass is 577 g/mol. The van der Waals surface area contributed by atoms with Crippen LogP contribution in [0.25, 0.3) is 0 Å². The van der Waals surface area contributed by atoms with Gasteiger partial charge in [0, 0.05) is 12.6 Å². The Labute approximate surface area is 225 Å². The van der Waals surface area contributed by atoms with E-state index in [2.05, 4.69) is 5.32 Å². The van der Waals surface area contributed by atoms with Gasteiger partial charge in [-0.25, -0.2) is 8.42 Å². The summed E-state index contributed by atoms with van der Waals surface area (Å²) in [6.45, 7) is 4.28. The Hall–Kier alpha value is -2.99. The smallest absolute Gasteiger partial charge is 0.417 e. The summed E-state index contributed by atoms with van der Waals surface area (Å²) in [7, 11) is -2.75. The first kappa shape index (κ1) is 31.2. The lowest BCUT2D eigenvalue weighted by Gasteiger charge is -2.33. The molecule has 2 aromatic carbocycles. The second-order valence-electron chi connectivity index (χ2n) is 8.89. The largest absolute Gasteiger partial charge is 0.497 e. The molecule has 1 N–H and O–H groups in total. The van der Waals surface area contributed by atoms with Crippen molar-refractivity contribution in [1.82, 2.24) is 10.2 Å². The molecule has 0 unspecified atom stereocenters. The lowest BCUT2D eigenvalue weighted by atomic mass is 10.1. The zero-order valence-corrected chi connectivity index (χ0v) is 23.2. The van der Waals surface area contributed by atoms with E-state index in [4.69, 9.17) is 16.3 Å². The first-order chi connectivity index (χ1) is 17.6. The number of rotatable bonds is 11. The Balaban J connectivity index is 2.54. The summed E-state index contributed by atoms with van der Waals surface area (Å²) in [5.74, 6) is -0.726. The van der Waals surface area contributed by atoms with Gasteiger partial charge < -0.3 is 15.0 Å². The van der Waals surface area contributed by atoms with Gasteiger partial charge in [0.1, 0.15) is 18.3 Å². The van der Waals surface area contributed by atoms with Crippen LogP contribution in [0.2, 0.25) is 5.02 Å². The third kappa shape index (κ3) is 8.26. The average Bonchev–Trinajstić information content (AvgIpc) is 2.81. The Morgan fingerprint density at radius 3 is 2.32 bits per heavy atom. The maximum Gasteiger partial charge on any atom is 0.417 e. The zero-order chi connectivity index (χ0) is 28.8. The number of methoxy groups -OCH3 is 1. The van der Waals surface area contributed by atoms with Crippen LogP contribution in [0.1, 0.15) is 38.3 Å². The van der Waals surface area contributed by atoms with Crippen LogP contribution in [-0.2, 0) is 32.3 Å². The molecule has 0 aliphatic carbocycles. The van der Waals surface area contributed by atoms with E-state index < -0.39 is 56.9 Å². The Morgan fingerprint density at radius 1 is 1.13 bits per heavy atom. The molecule has 0 aromatic heterocycles. The van der Waals surface area contributed by atoms with Gasteiger partial charge in [-0.05, 0) is 56.2 Å². The van der Waals surface area contributed by atoms with Crippen molar-refractivity contribution in [3.63, 3.8) is 0 Å². The topological polar surface area (TPSA) is 96.0 Å². The van der Waals surface area contributed by atoms with E-state index in [1.165, 1.54) is 12.0 Å². The average molecular weight is 578 g/mol. The van der Waals surface area contributed by atoms with Crippen LogP contribution in [0.5, 0.6) is 5.75 Å². The molecular weight excluding hydrogens is 547 g/mol. The van der Waals surface area contributed by atoms with E-state index in [9.17, 15) is 31.2 Å². The van der Waals surface area contributed by atoms with Gasteiger partial charge in [0.2, 0.25) is 21.8 Å². The predicted molar refractivity (Wildman–Crippen MR) is 140 cm³/mol. The van der Waals surface area contributed by atoms with Gasteiger partial charge in [-0.3, -0.25) is 13.9 Å². The molecule has 0 spiro atoms. The maximum absolute atomic E-state index is 13.6. The van der Waals surface area contributed by atoms with Crippen molar-refractivity contribution in [2.45, 2.75) is 52.0 Å². The molecule has 8 nitrogen and oxygen atoms in total. The number of alkyl halides is 3. The minimum atomic E-state index is -4.85. The molecule has 210 valence electrons. The van der Waals surface area contributed by atoms with E-state index >= 15 is 0 Å². The molecule has 0 heterocycles. The van der Waals surface area contributed by atoms with Gasteiger partial charge in [0.15, 0.2) is 0 Å². The quantitative estimate of drug-likeness (QED) is 0.425. The highest BCUT2D eigenvalue weighted by Crippen LogP contribution is 2.37. The van der Waals surface area contributed by atoms with Gasteiger partial charge in [-0.1, -0.05) is 30.7 Å². The molecule has 0 saturated heterocycles. The summed E-state index contributed by atoms with van der Waals surface area (Å²) in [4.78, 5) is 27.8. The van der Waals surface area contributed by atoms with Gasteiger partial charge in [0.05, 0.1) is 29.6 Å². The van der Waals surface area contributed by atoms with Crippen molar-refractivity contribution in [3.8, 4) is 5.75 Å². The maximum atomic E-state index is 13.6. The van der Waals surface area contributed by atoms with Gasteiger partial charge in [0.25, 0.3) is 0 Å². The number of ether oxygens (including phenoxy) is 1. The fourth-order valence-corrected chi connectivity index (χ4v) is 4.83. The molecule has 13 heteroatoms. The first-order valence-corrected chi connectivity index (χ1v) is 13.9. The lowest BCUT2D eigenvalue weighted by Crippen LogP contribution is -2.53. The first-order valence-electron chi connectivity index (χ1n) is 11.7. The molecule has 0 fully saturated rings. The Bertz CT molecular complexity index is 1260. The highest BCUT2D eigenvalue weighted by atomic mass is 35.5. The number of sulfonamides is 1. The highest BCUT2D eigenvalue weighted by molar-refractivity contribution is 7.92. The number of benzene rings is 2. The van der Waals surface area contributed by atoms with Crippen LogP contribution in [0.3, 0.4) is 0 Å². The molecule has 2 aromatic rings. The number of amides is 2. The molecule has 0 saturated carbocycles. The highest BCUT2D eigenvalue weighted by Gasteiger charge is 2.36. The van der Waals surface area contributed by atoms with E-state index in [-0.39, 0.29) is 19.0 Å². The van der Waals surface area contributed by atoms with Gasteiger partial charge in [-0.15, -0.1) is 0 Å². The molecular formula is C25H31ClF3N3O5S. The molecule has 0 radical (unpaired) electrons. The van der Waals surface area contributed by atoms with E-state index in [1.807, 2.05) is 0 Å². The molecule has 0 aliphatic heterocycles. The molecule has 0 aliphatic rings. The van der Waals surface area contributed by atoms with Gasteiger partial charge in [-0.2, -0.15) is 13.2 Å². The Kier molecular flexibility index (Phi) is 10.4. The molecule has 0 bridgehead atoms. The summed E-state index contributed by atoms with van der Waals surface area (Å²) in [6.07, 6.45) is -3.87. The van der Waals surface area contributed by atoms with Crippen LogP contribution >= 0.6 is 11.6 Å². The van der Waals surface area contributed by atoms with Crippen LogP contribution in [0.15, 0.2) is 42.5 Å². The number of anilines is 1. The van der Waals surface area contributed by atoms with Crippen LogP contribution in [0, 0.1) is 0 Å². The number of carbonyl (C=O) groups is 2. The van der Waals surface area contributed by atoms with Crippen molar-refractivity contribution >= 4 is 39.1 Å². The van der Waals surface area contributed by atoms with Crippen molar-refractivity contribution < 1.29 is 35.9 Å². The SMILES string of the molecule is CC[C@H](C(=O)NC(C)C)N(Cc1cccc(OC)c1)C(=O)CN(c1ccc(Cl)c(C(F)(F)F)c1)S(C)(=O)=O. The minimum absolute atomic E-state index is 0.0773. The standard InChI is InChI=1S/C25H31ClF3N3O5S/c1-6-22(24(34)30-16(2)3)31(14-17-8-7-9-19(12-17)37-4)23(33)15-32(38(5,35)36)18-10-11-21(26)20(13-18)25(27,28)29/h7-13,16,22H,6,14-15H2,1-5H3,(H,30,34)/t22-/m1/s1. The van der Waals surface area contributed by atoms with E-state index in [0.29, 0.717) is 21.7 Å². The summed E-state index contributed by atoms with van der Waals surface area (Å²) in [6, 6.07) is 8.13. The minimum Gasteiger partial charge on any atom is -0.497 e.